The predicted octanol–water partition coefficient (Wildman–Crippen LogP) is 4.30. The van der Waals surface area contributed by atoms with Gasteiger partial charge in [-0.2, -0.15) is 5.10 Å². The van der Waals surface area contributed by atoms with Gasteiger partial charge in [-0.15, -0.1) is 0 Å². The molecule has 1 atom stereocenters. The number of hydrogen-bond acceptors (Lipinski definition) is 4. The highest BCUT2D eigenvalue weighted by molar-refractivity contribution is 6.30. The first-order valence-corrected chi connectivity index (χ1v) is 10.00. The van der Waals surface area contributed by atoms with E-state index < -0.39 is 6.04 Å². The summed E-state index contributed by atoms with van der Waals surface area (Å²) in [6.45, 7) is 2.01. The second kappa shape index (κ2) is 8.20. The molecule has 3 aromatic rings. The third-order valence-corrected chi connectivity index (χ3v) is 5.27. The lowest BCUT2D eigenvalue weighted by Crippen LogP contribution is -2.23. The minimum absolute atomic E-state index is 0.0240. The van der Waals surface area contributed by atoms with E-state index in [0.717, 1.165) is 22.6 Å². The van der Waals surface area contributed by atoms with Crippen molar-refractivity contribution in [2.45, 2.75) is 25.8 Å². The van der Waals surface area contributed by atoms with Crippen molar-refractivity contribution in [1.29, 1.82) is 0 Å². The molecule has 4 rings (SSSR count). The molecule has 0 saturated heterocycles. The van der Waals surface area contributed by atoms with E-state index in [9.17, 15) is 9.59 Å². The number of carbonyl (C=O) groups is 2. The standard InChI is InChI=1S/C22H21ClN4O3/c1-3-17-20(13-5-4-6-16(11-13)30-2)21-25-22(29)18(27(21)26-17)12-19(28)24-15-9-7-14(23)8-10-15/h4-11,18H,3,12H2,1-2H3,(H,24,28)(H,25,29). The Morgan fingerprint density at radius 2 is 2.03 bits per heavy atom. The molecule has 0 spiro atoms. The van der Waals surface area contributed by atoms with E-state index in [4.69, 9.17) is 16.3 Å². The Morgan fingerprint density at radius 3 is 2.73 bits per heavy atom. The molecule has 0 bridgehead atoms. The zero-order valence-corrected chi connectivity index (χ0v) is 17.4. The molecule has 8 heteroatoms. The summed E-state index contributed by atoms with van der Waals surface area (Å²) in [5.41, 5.74) is 3.22. The van der Waals surface area contributed by atoms with E-state index in [0.29, 0.717) is 22.9 Å². The average molecular weight is 425 g/mol. The lowest BCUT2D eigenvalue weighted by Gasteiger charge is -2.10. The molecule has 2 heterocycles. The van der Waals surface area contributed by atoms with Gasteiger partial charge >= 0.3 is 0 Å². The van der Waals surface area contributed by atoms with Crippen molar-refractivity contribution < 1.29 is 14.3 Å². The quantitative estimate of drug-likeness (QED) is 0.618. The molecule has 30 heavy (non-hydrogen) atoms. The molecular formula is C22H21ClN4O3. The summed E-state index contributed by atoms with van der Waals surface area (Å²) in [6, 6.07) is 13.7. The average Bonchev–Trinajstić information content (AvgIpc) is 3.25. The Hall–Kier alpha value is -3.32. The molecule has 0 aliphatic carbocycles. The monoisotopic (exact) mass is 424 g/mol. The Bertz CT molecular complexity index is 1110. The molecule has 2 N–H and O–H groups in total. The van der Waals surface area contributed by atoms with Gasteiger partial charge in [0.1, 0.15) is 17.6 Å². The van der Waals surface area contributed by atoms with Crippen LogP contribution in [0.25, 0.3) is 11.1 Å². The fourth-order valence-corrected chi connectivity index (χ4v) is 3.69. The number of ether oxygens (including phenoxy) is 1. The number of fused-ring (bicyclic) bond motifs is 1. The van der Waals surface area contributed by atoms with Gasteiger partial charge in [-0.25, -0.2) is 4.68 Å². The summed E-state index contributed by atoms with van der Waals surface area (Å²) in [5.74, 6) is 0.796. The van der Waals surface area contributed by atoms with E-state index in [1.165, 1.54) is 0 Å². The van der Waals surface area contributed by atoms with E-state index in [1.54, 1.807) is 36.1 Å². The Balaban J connectivity index is 1.61. The number of aryl methyl sites for hydroxylation is 1. The van der Waals surface area contributed by atoms with Crippen LogP contribution in [0, 0.1) is 0 Å². The number of anilines is 2. The number of hydrogen-bond donors (Lipinski definition) is 2. The molecule has 154 valence electrons. The van der Waals surface area contributed by atoms with E-state index in [2.05, 4.69) is 15.7 Å². The Morgan fingerprint density at radius 1 is 1.27 bits per heavy atom. The SMILES string of the molecule is CCc1nn2c(c1-c1cccc(OC)c1)NC(=O)C2CC(=O)Nc1ccc(Cl)cc1. The van der Waals surface area contributed by atoms with Crippen LogP contribution in [0.5, 0.6) is 5.75 Å². The number of benzene rings is 2. The highest BCUT2D eigenvalue weighted by Crippen LogP contribution is 2.39. The maximum Gasteiger partial charge on any atom is 0.251 e. The largest absolute Gasteiger partial charge is 0.497 e. The van der Waals surface area contributed by atoms with Crippen molar-refractivity contribution in [2.75, 3.05) is 17.7 Å². The van der Waals surface area contributed by atoms with Gasteiger partial charge < -0.3 is 15.4 Å². The van der Waals surface area contributed by atoms with Crippen LogP contribution < -0.4 is 15.4 Å². The number of methoxy groups -OCH3 is 1. The molecule has 2 aromatic carbocycles. The Labute approximate surface area is 179 Å². The minimum Gasteiger partial charge on any atom is -0.497 e. The molecule has 1 unspecified atom stereocenters. The summed E-state index contributed by atoms with van der Waals surface area (Å²) >= 11 is 5.88. The zero-order chi connectivity index (χ0) is 21.3. The van der Waals surface area contributed by atoms with Crippen LogP contribution in [0.2, 0.25) is 5.02 Å². The third kappa shape index (κ3) is 3.76. The first-order chi connectivity index (χ1) is 14.5. The maximum atomic E-state index is 12.6. The highest BCUT2D eigenvalue weighted by Gasteiger charge is 2.36. The number of nitrogens with zero attached hydrogens (tertiary/aromatic N) is 2. The van der Waals surface area contributed by atoms with Gasteiger partial charge in [0.05, 0.1) is 19.2 Å². The van der Waals surface area contributed by atoms with Gasteiger partial charge in [0.25, 0.3) is 5.91 Å². The molecule has 0 saturated carbocycles. The number of halogens is 1. The summed E-state index contributed by atoms with van der Waals surface area (Å²) in [7, 11) is 1.61. The third-order valence-electron chi connectivity index (χ3n) is 5.02. The number of nitrogens with one attached hydrogen (secondary N) is 2. The van der Waals surface area contributed by atoms with Crippen LogP contribution in [0.15, 0.2) is 48.5 Å². The van der Waals surface area contributed by atoms with Crippen LogP contribution >= 0.6 is 11.6 Å². The molecule has 1 aliphatic rings. The summed E-state index contributed by atoms with van der Waals surface area (Å²) in [4.78, 5) is 25.2. The van der Waals surface area contributed by atoms with E-state index in [1.807, 2.05) is 31.2 Å². The van der Waals surface area contributed by atoms with Crippen molar-refractivity contribution in [3.63, 3.8) is 0 Å². The second-order valence-electron chi connectivity index (χ2n) is 6.96. The molecular weight excluding hydrogens is 404 g/mol. The minimum atomic E-state index is -0.711. The second-order valence-corrected chi connectivity index (χ2v) is 7.40. The summed E-state index contributed by atoms with van der Waals surface area (Å²) in [5, 5.41) is 10.9. The molecule has 0 fully saturated rings. The summed E-state index contributed by atoms with van der Waals surface area (Å²) < 4.78 is 6.95. The van der Waals surface area contributed by atoms with Crippen molar-refractivity contribution in [2.24, 2.45) is 0 Å². The fraction of sp³-hybridized carbons (Fsp3) is 0.227. The van der Waals surface area contributed by atoms with Crippen LogP contribution in [-0.4, -0.2) is 28.7 Å². The van der Waals surface area contributed by atoms with Crippen LogP contribution in [0.1, 0.15) is 25.1 Å². The smallest absolute Gasteiger partial charge is 0.251 e. The summed E-state index contributed by atoms with van der Waals surface area (Å²) in [6.07, 6.45) is 0.663. The zero-order valence-electron chi connectivity index (χ0n) is 16.6. The highest BCUT2D eigenvalue weighted by atomic mass is 35.5. The van der Waals surface area contributed by atoms with Crippen molar-refractivity contribution >= 4 is 34.9 Å². The fourth-order valence-electron chi connectivity index (χ4n) is 3.57. The molecule has 1 aromatic heterocycles. The van der Waals surface area contributed by atoms with Gasteiger partial charge in [0.15, 0.2) is 0 Å². The first kappa shape index (κ1) is 20.0. The molecule has 7 nitrogen and oxygen atoms in total. The normalized spacial score (nSPS) is 14.9. The number of rotatable bonds is 6. The van der Waals surface area contributed by atoms with Gasteiger partial charge in [0, 0.05) is 16.3 Å². The number of aromatic nitrogens is 2. The predicted molar refractivity (Wildman–Crippen MR) is 116 cm³/mol. The number of amides is 2. The van der Waals surface area contributed by atoms with Gasteiger partial charge in [-0.05, 0) is 48.4 Å². The lowest BCUT2D eigenvalue weighted by molar-refractivity contribution is -0.123. The van der Waals surface area contributed by atoms with Crippen molar-refractivity contribution in [3.8, 4) is 16.9 Å². The topological polar surface area (TPSA) is 85.2 Å². The Kier molecular flexibility index (Phi) is 5.46. The van der Waals surface area contributed by atoms with Crippen molar-refractivity contribution in [3.05, 3.63) is 59.2 Å². The van der Waals surface area contributed by atoms with E-state index >= 15 is 0 Å². The van der Waals surface area contributed by atoms with Crippen LogP contribution in [0.4, 0.5) is 11.5 Å². The molecule has 0 radical (unpaired) electrons. The maximum absolute atomic E-state index is 12.6. The number of carbonyl (C=O) groups excluding carboxylic acids is 2. The van der Waals surface area contributed by atoms with Crippen LogP contribution in [-0.2, 0) is 16.0 Å². The lowest BCUT2D eigenvalue weighted by atomic mass is 10.0. The molecule has 2 amide bonds. The first-order valence-electron chi connectivity index (χ1n) is 9.62. The van der Waals surface area contributed by atoms with E-state index in [-0.39, 0.29) is 18.2 Å². The van der Waals surface area contributed by atoms with Gasteiger partial charge in [-0.3, -0.25) is 9.59 Å². The van der Waals surface area contributed by atoms with Gasteiger partial charge in [-0.1, -0.05) is 30.7 Å². The van der Waals surface area contributed by atoms with Crippen LogP contribution in [0.3, 0.4) is 0 Å². The van der Waals surface area contributed by atoms with Gasteiger partial charge in [0.2, 0.25) is 5.91 Å². The van der Waals surface area contributed by atoms with Crippen molar-refractivity contribution in [1.82, 2.24) is 9.78 Å². The molecule has 1 aliphatic heterocycles.